The van der Waals surface area contributed by atoms with Crippen LogP contribution in [-0.4, -0.2) is 48.6 Å². The minimum Gasteiger partial charge on any atom is -0.468 e. The van der Waals surface area contributed by atoms with Crippen molar-refractivity contribution in [3.63, 3.8) is 0 Å². The van der Waals surface area contributed by atoms with Gasteiger partial charge in [0.15, 0.2) is 11.5 Å². The van der Waals surface area contributed by atoms with E-state index in [1.54, 1.807) is 18.7 Å². The standard InChI is InChI=1S/C27H29N7O/c1-2-10-21(9-1)33(19-22-11-6-17-35-22)16-7-15-29-27-30-24-13-4-3-12-23(24)26-31-25(32-34(26)27)20-8-5-14-28-18-20/h3-6,8,11-14,17-18,21H,1-2,7,9-10,15-16,19H2,(H,29,30). The van der Waals surface area contributed by atoms with Crippen LogP contribution >= 0.6 is 0 Å². The van der Waals surface area contributed by atoms with Crippen LogP contribution in [0.3, 0.4) is 0 Å². The van der Waals surface area contributed by atoms with Crippen molar-refractivity contribution in [2.75, 3.05) is 18.4 Å². The molecule has 0 saturated heterocycles. The second kappa shape index (κ2) is 9.84. The molecule has 0 atom stereocenters. The summed E-state index contributed by atoms with van der Waals surface area (Å²) in [4.78, 5) is 16.5. The summed E-state index contributed by atoms with van der Waals surface area (Å²) in [6.07, 6.45) is 11.5. The van der Waals surface area contributed by atoms with Crippen LogP contribution in [0.2, 0.25) is 0 Å². The van der Waals surface area contributed by atoms with E-state index < -0.39 is 0 Å². The molecule has 1 aliphatic carbocycles. The molecule has 4 heterocycles. The van der Waals surface area contributed by atoms with Crippen molar-refractivity contribution in [1.82, 2.24) is 29.5 Å². The lowest BCUT2D eigenvalue weighted by Crippen LogP contribution is -2.34. The second-order valence-corrected chi connectivity index (χ2v) is 9.13. The fourth-order valence-corrected chi connectivity index (χ4v) is 5.03. The molecule has 1 aromatic carbocycles. The Morgan fingerprint density at radius 1 is 1.03 bits per heavy atom. The third-order valence-corrected chi connectivity index (χ3v) is 6.78. The number of fused-ring (bicyclic) bond motifs is 3. The number of nitrogens with zero attached hydrogens (tertiary/aromatic N) is 6. The molecular weight excluding hydrogens is 438 g/mol. The highest BCUT2D eigenvalue weighted by atomic mass is 16.3. The zero-order valence-electron chi connectivity index (χ0n) is 19.7. The first-order chi connectivity index (χ1) is 17.3. The van der Waals surface area contributed by atoms with Gasteiger partial charge in [-0.2, -0.15) is 4.52 Å². The summed E-state index contributed by atoms with van der Waals surface area (Å²) in [6.45, 7) is 2.67. The van der Waals surface area contributed by atoms with E-state index in [-0.39, 0.29) is 0 Å². The number of hydrogen-bond acceptors (Lipinski definition) is 7. The zero-order valence-corrected chi connectivity index (χ0v) is 19.7. The molecule has 8 heteroatoms. The first-order valence-corrected chi connectivity index (χ1v) is 12.4. The molecule has 0 bridgehead atoms. The number of benzene rings is 1. The van der Waals surface area contributed by atoms with E-state index in [1.807, 2.05) is 47.0 Å². The van der Waals surface area contributed by atoms with Crippen LogP contribution in [0.25, 0.3) is 27.9 Å². The van der Waals surface area contributed by atoms with Crippen molar-refractivity contribution in [3.05, 3.63) is 72.9 Å². The van der Waals surface area contributed by atoms with Gasteiger partial charge in [-0.3, -0.25) is 9.88 Å². The first-order valence-electron chi connectivity index (χ1n) is 12.4. The van der Waals surface area contributed by atoms with Gasteiger partial charge in [0.25, 0.3) is 0 Å². The summed E-state index contributed by atoms with van der Waals surface area (Å²) in [6, 6.07) is 16.6. The van der Waals surface area contributed by atoms with E-state index in [0.29, 0.717) is 17.8 Å². The van der Waals surface area contributed by atoms with Crippen LogP contribution in [0.1, 0.15) is 37.9 Å². The summed E-state index contributed by atoms with van der Waals surface area (Å²) in [5.41, 5.74) is 2.58. The van der Waals surface area contributed by atoms with Crippen molar-refractivity contribution in [3.8, 4) is 11.4 Å². The fraction of sp³-hybridized carbons (Fsp3) is 0.333. The molecule has 35 heavy (non-hydrogen) atoms. The Morgan fingerprint density at radius 3 is 2.77 bits per heavy atom. The number of furan rings is 1. The molecule has 1 fully saturated rings. The molecule has 0 radical (unpaired) electrons. The molecule has 0 unspecified atom stereocenters. The molecule has 5 aromatic rings. The largest absolute Gasteiger partial charge is 0.468 e. The zero-order chi connectivity index (χ0) is 23.5. The minimum atomic E-state index is 0.642. The van der Waals surface area contributed by atoms with Crippen LogP contribution in [0.4, 0.5) is 5.95 Å². The predicted molar refractivity (Wildman–Crippen MR) is 136 cm³/mol. The predicted octanol–water partition coefficient (Wildman–Crippen LogP) is 5.18. The molecular formula is C27H29N7O. The molecule has 8 nitrogen and oxygen atoms in total. The highest BCUT2D eigenvalue weighted by Crippen LogP contribution is 2.26. The number of rotatable bonds is 9. The van der Waals surface area contributed by atoms with Gasteiger partial charge in [-0.1, -0.05) is 25.0 Å². The number of anilines is 1. The molecule has 178 valence electrons. The van der Waals surface area contributed by atoms with Crippen molar-refractivity contribution >= 4 is 22.5 Å². The molecule has 1 N–H and O–H groups in total. The smallest absolute Gasteiger partial charge is 0.226 e. The van der Waals surface area contributed by atoms with Gasteiger partial charge in [-0.15, -0.1) is 5.10 Å². The third-order valence-electron chi connectivity index (χ3n) is 6.78. The number of para-hydroxylation sites is 1. The molecule has 0 spiro atoms. The molecule has 1 aliphatic rings. The molecule has 0 amide bonds. The Balaban J connectivity index is 1.21. The van der Waals surface area contributed by atoms with Gasteiger partial charge in [0.1, 0.15) is 5.76 Å². The summed E-state index contributed by atoms with van der Waals surface area (Å²) in [5, 5.41) is 9.29. The number of aromatic nitrogens is 5. The normalized spacial score (nSPS) is 14.4. The number of hydrogen-bond donors (Lipinski definition) is 1. The van der Waals surface area contributed by atoms with Crippen LogP contribution in [0.15, 0.2) is 71.6 Å². The Labute approximate surface area is 204 Å². The Bertz CT molecular complexity index is 1390. The maximum absolute atomic E-state index is 5.64. The molecule has 4 aromatic heterocycles. The van der Waals surface area contributed by atoms with Crippen LogP contribution in [0.5, 0.6) is 0 Å². The summed E-state index contributed by atoms with van der Waals surface area (Å²) >= 11 is 0. The quantitative estimate of drug-likeness (QED) is 0.299. The highest BCUT2D eigenvalue weighted by molar-refractivity contribution is 5.92. The van der Waals surface area contributed by atoms with Gasteiger partial charge in [-0.05, 0) is 55.7 Å². The number of pyridine rings is 1. The lowest BCUT2D eigenvalue weighted by molar-refractivity contribution is 0.175. The van der Waals surface area contributed by atoms with Gasteiger partial charge in [-0.25, -0.2) is 9.97 Å². The van der Waals surface area contributed by atoms with E-state index in [0.717, 1.165) is 53.9 Å². The van der Waals surface area contributed by atoms with Crippen molar-refractivity contribution in [1.29, 1.82) is 0 Å². The lowest BCUT2D eigenvalue weighted by atomic mass is 10.2. The molecule has 6 rings (SSSR count). The Kier molecular flexibility index (Phi) is 6.11. The van der Waals surface area contributed by atoms with E-state index in [4.69, 9.17) is 19.5 Å². The minimum absolute atomic E-state index is 0.642. The van der Waals surface area contributed by atoms with Gasteiger partial charge < -0.3 is 9.73 Å². The van der Waals surface area contributed by atoms with Crippen LogP contribution in [-0.2, 0) is 6.54 Å². The first kappa shape index (κ1) is 21.7. The molecule has 0 aliphatic heterocycles. The summed E-state index contributed by atoms with van der Waals surface area (Å²) < 4.78 is 7.46. The average molecular weight is 468 g/mol. The number of nitrogens with one attached hydrogen (secondary N) is 1. The topological polar surface area (TPSA) is 84.4 Å². The van der Waals surface area contributed by atoms with Crippen molar-refractivity contribution in [2.45, 2.75) is 44.7 Å². The Morgan fingerprint density at radius 2 is 1.94 bits per heavy atom. The maximum Gasteiger partial charge on any atom is 0.226 e. The SMILES string of the molecule is c1cncc(-c2nc3c4ccccc4nc(NCCCN(Cc4ccco4)C4CCCC4)n3n2)c1. The van der Waals surface area contributed by atoms with Crippen molar-refractivity contribution in [2.24, 2.45) is 0 Å². The van der Waals surface area contributed by atoms with Crippen LogP contribution in [0, 0.1) is 0 Å². The average Bonchev–Trinajstić information content (AvgIpc) is 3.68. The molecule has 1 saturated carbocycles. The Hall–Kier alpha value is -3.78. The fourth-order valence-electron chi connectivity index (χ4n) is 5.03. The second-order valence-electron chi connectivity index (χ2n) is 9.13. The summed E-state index contributed by atoms with van der Waals surface area (Å²) in [5.74, 6) is 2.39. The van der Waals surface area contributed by atoms with Gasteiger partial charge >= 0.3 is 0 Å². The lowest BCUT2D eigenvalue weighted by Gasteiger charge is -2.28. The van der Waals surface area contributed by atoms with Crippen LogP contribution < -0.4 is 5.32 Å². The third kappa shape index (κ3) is 4.61. The van der Waals surface area contributed by atoms with Gasteiger partial charge in [0, 0.05) is 42.5 Å². The highest BCUT2D eigenvalue weighted by Gasteiger charge is 2.23. The maximum atomic E-state index is 5.64. The van der Waals surface area contributed by atoms with Gasteiger partial charge in [0.2, 0.25) is 5.95 Å². The van der Waals surface area contributed by atoms with E-state index >= 15 is 0 Å². The van der Waals surface area contributed by atoms with E-state index in [2.05, 4.69) is 21.3 Å². The van der Waals surface area contributed by atoms with Gasteiger partial charge in [0.05, 0.1) is 18.3 Å². The van der Waals surface area contributed by atoms with E-state index in [9.17, 15) is 0 Å². The van der Waals surface area contributed by atoms with Crippen molar-refractivity contribution < 1.29 is 4.42 Å². The summed E-state index contributed by atoms with van der Waals surface area (Å²) in [7, 11) is 0. The van der Waals surface area contributed by atoms with E-state index in [1.165, 1.54) is 25.7 Å². The monoisotopic (exact) mass is 467 g/mol.